The largest absolute Gasteiger partial charge is 0.436 e. The van der Waals surface area contributed by atoms with Crippen LogP contribution in [-0.2, 0) is 23.5 Å². The van der Waals surface area contributed by atoms with Crippen molar-refractivity contribution >= 4 is 0 Å². The van der Waals surface area contributed by atoms with E-state index < -0.39 is 5.60 Å². The summed E-state index contributed by atoms with van der Waals surface area (Å²) in [6.07, 6.45) is 4.11. The van der Waals surface area contributed by atoms with Crippen LogP contribution in [0.4, 0.5) is 4.39 Å². The van der Waals surface area contributed by atoms with Crippen LogP contribution in [0, 0.1) is 11.7 Å². The molecule has 7 rings (SSSR count). The zero-order valence-corrected chi connectivity index (χ0v) is 20.8. The summed E-state index contributed by atoms with van der Waals surface area (Å²) >= 11 is 0. The van der Waals surface area contributed by atoms with E-state index in [0.717, 1.165) is 48.3 Å². The third kappa shape index (κ3) is 4.73. The fourth-order valence-corrected chi connectivity index (χ4v) is 6.11. The number of nitrogens with zero attached hydrogens (tertiary/aromatic N) is 2. The molecule has 4 aromatic rings. The van der Waals surface area contributed by atoms with Crippen molar-refractivity contribution in [3.63, 3.8) is 0 Å². The number of hydrogen-bond donors (Lipinski definition) is 1. The average molecular weight is 500 g/mol. The maximum Gasteiger partial charge on any atom is 0.236 e. The van der Waals surface area contributed by atoms with Crippen LogP contribution < -0.4 is 0 Å². The SMILES string of the molecule is OC(c1ccccc1)(c1ccccc1)c1ncc(C[N+]23CCC(CC2)[C@@H](OCc2cccc(F)c2)C3)o1. The molecule has 4 heterocycles. The highest BCUT2D eigenvalue weighted by Gasteiger charge is 2.47. The molecule has 6 heteroatoms. The third-order valence-corrected chi connectivity index (χ3v) is 8.13. The molecule has 0 saturated carbocycles. The van der Waals surface area contributed by atoms with E-state index in [1.54, 1.807) is 18.3 Å². The predicted molar refractivity (Wildman–Crippen MR) is 138 cm³/mol. The van der Waals surface area contributed by atoms with Gasteiger partial charge in [-0.1, -0.05) is 72.8 Å². The first kappa shape index (κ1) is 24.0. The normalized spacial score (nSPS) is 23.3. The molecule has 3 aliphatic heterocycles. The van der Waals surface area contributed by atoms with E-state index in [4.69, 9.17) is 9.15 Å². The Hall–Kier alpha value is -3.32. The lowest BCUT2D eigenvalue weighted by atomic mass is 9.83. The molecule has 3 aromatic carbocycles. The Bertz CT molecular complexity index is 1290. The van der Waals surface area contributed by atoms with Crippen LogP contribution in [0.25, 0.3) is 0 Å². The summed E-state index contributed by atoms with van der Waals surface area (Å²) in [7, 11) is 0. The van der Waals surface area contributed by atoms with Crippen molar-refractivity contribution in [3.05, 3.63) is 125 Å². The Kier molecular flexibility index (Phi) is 6.41. The zero-order chi connectivity index (χ0) is 25.3. The Morgan fingerprint density at radius 2 is 1.62 bits per heavy atom. The summed E-state index contributed by atoms with van der Waals surface area (Å²) in [6.45, 7) is 4.17. The first-order valence-electron chi connectivity index (χ1n) is 13.0. The van der Waals surface area contributed by atoms with Crippen LogP contribution in [0.1, 0.15) is 41.2 Å². The van der Waals surface area contributed by atoms with E-state index in [1.807, 2.05) is 66.7 Å². The van der Waals surface area contributed by atoms with Gasteiger partial charge in [0.1, 0.15) is 25.0 Å². The van der Waals surface area contributed by atoms with Crippen LogP contribution in [0.3, 0.4) is 0 Å². The molecule has 1 atom stereocenters. The highest BCUT2D eigenvalue weighted by atomic mass is 19.1. The maximum absolute atomic E-state index is 13.6. The van der Waals surface area contributed by atoms with Crippen LogP contribution in [0.15, 0.2) is 95.5 Å². The molecule has 3 saturated heterocycles. The number of quaternary nitrogens is 1. The van der Waals surface area contributed by atoms with Crippen molar-refractivity contribution in [1.82, 2.24) is 4.98 Å². The van der Waals surface area contributed by atoms with E-state index in [1.165, 1.54) is 6.07 Å². The van der Waals surface area contributed by atoms with E-state index >= 15 is 0 Å². The molecule has 0 aliphatic carbocycles. The molecule has 37 heavy (non-hydrogen) atoms. The number of oxazole rings is 1. The quantitative estimate of drug-likeness (QED) is 0.329. The molecule has 0 unspecified atom stereocenters. The average Bonchev–Trinajstić information content (AvgIpc) is 3.41. The van der Waals surface area contributed by atoms with E-state index in [9.17, 15) is 9.50 Å². The fraction of sp³-hybridized carbons (Fsp3) is 0.323. The summed E-state index contributed by atoms with van der Waals surface area (Å²) in [5, 5.41) is 12.0. The first-order valence-corrected chi connectivity index (χ1v) is 13.0. The van der Waals surface area contributed by atoms with Crippen LogP contribution in [0.2, 0.25) is 0 Å². The van der Waals surface area contributed by atoms with Crippen LogP contribution >= 0.6 is 0 Å². The minimum atomic E-state index is -1.48. The second-order valence-corrected chi connectivity index (χ2v) is 10.5. The zero-order valence-electron chi connectivity index (χ0n) is 20.8. The Morgan fingerprint density at radius 3 is 2.27 bits per heavy atom. The molecular weight excluding hydrogens is 467 g/mol. The number of aliphatic hydroxyl groups is 1. The summed E-state index contributed by atoms with van der Waals surface area (Å²) in [4.78, 5) is 4.59. The van der Waals surface area contributed by atoms with E-state index in [0.29, 0.717) is 30.2 Å². The van der Waals surface area contributed by atoms with Gasteiger partial charge in [0.05, 0.1) is 25.9 Å². The van der Waals surface area contributed by atoms with Crippen molar-refractivity contribution in [2.45, 2.75) is 37.7 Å². The first-order chi connectivity index (χ1) is 18.0. The number of halogens is 1. The number of aromatic nitrogens is 1. The number of hydrogen-bond acceptors (Lipinski definition) is 4. The molecule has 1 N–H and O–H groups in total. The molecule has 0 radical (unpaired) electrons. The molecule has 3 fully saturated rings. The monoisotopic (exact) mass is 499 g/mol. The van der Waals surface area contributed by atoms with Crippen LogP contribution in [0.5, 0.6) is 0 Å². The Labute approximate surface area is 216 Å². The molecule has 0 spiro atoms. The van der Waals surface area contributed by atoms with Gasteiger partial charge in [-0.05, 0) is 28.8 Å². The van der Waals surface area contributed by atoms with Crippen molar-refractivity contribution < 1.29 is 23.1 Å². The van der Waals surface area contributed by atoms with Gasteiger partial charge in [-0.15, -0.1) is 0 Å². The van der Waals surface area contributed by atoms with Gasteiger partial charge < -0.3 is 18.7 Å². The van der Waals surface area contributed by atoms with Gasteiger partial charge in [-0.2, -0.15) is 0 Å². The molecule has 1 aromatic heterocycles. The second-order valence-electron chi connectivity index (χ2n) is 10.5. The number of ether oxygens (including phenoxy) is 1. The fourth-order valence-electron chi connectivity index (χ4n) is 6.11. The van der Waals surface area contributed by atoms with Gasteiger partial charge in [-0.3, -0.25) is 0 Å². The summed E-state index contributed by atoms with van der Waals surface area (Å²) in [6, 6.07) is 25.7. The third-order valence-electron chi connectivity index (χ3n) is 8.13. The molecular formula is C31H32FN2O3+. The van der Waals surface area contributed by atoms with Gasteiger partial charge in [0.25, 0.3) is 0 Å². The van der Waals surface area contributed by atoms with Crippen molar-refractivity contribution in [3.8, 4) is 0 Å². The number of benzene rings is 3. The number of fused-ring (bicyclic) bond motifs is 3. The lowest BCUT2D eigenvalue weighted by Crippen LogP contribution is -2.63. The van der Waals surface area contributed by atoms with Gasteiger partial charge in [-0.25, -0.2) is 9.37 Å². The highest BCUT2D eigenvalue weighted by molar-refractivity contribution is 5.41. The summed E-state index contributed by atoms with van der Waals surface area (Å²) in [5.74, 6) is 1.36. The van der Waals surface area contributed by atoms with Crippen LogP contribution in [-0.4, -0.2) is 40.3 Å². The van der Waals surface area contributed by atoms with Gasteiger partial charge in [0.15, 0.2) is 11.4 Å². The molecule has 5 nitrogen and oxygen atoms in total. The molecule has 190 valence electrons. The van der Waals surface area contributed by atoms with Gasteiger partial charge in [0, 0.05) is 18.8 Å². The molecule has 2 bridgehead atoms. The standard InChI is InChI=1S/C31H32FN2O3/c32-27-13-7-8-23(18-27)22-36-29-21-34(16-14-24(29)15-17-34)20-28-19-33-30(37-28)31(35,25-9-3-1-4-10-25)26-11-5-2-6-12-26/h1-13,18-19,24,29,35H,14-17,20-22H2/q+1/t24?,29-,34?/m0/s1. The topological polar surface area (TPSA) is 55.5 Å². The molecule has 0 amide bonds. The van der Waals surface area contributed by atoms with Crippen molar-refractivity contribution in [1.29, 1.82) is 0 Å². The van der Waals surface area contributed by atoms with E-state index in [2.05, 4.69) is 4.98 Å². The number of rotatable bonds is 8. The molecule has 3 aliphatic rings. The van der Waals surface area contributed by atoms with Crippen molar-refractivity contribution in [2.75, 3.05) is 19.6 Å². The van der Waals surface area contributed by atoms with Gasteiger partial charge >= 0.3 is 0 Å². The maximum atomic E-state index is 13.6. The van der Waals surface area contributed by atoms with Crippen molar-refractivity contribution in [2.24, 2.45) is 5.92 Å². The number of piperidine rings is 3. The lowest BCUT2D eigenvalue weighted by molar-refractivity contribution is -0.959. The predicted octanol–water partition coefficient (Wildman–Crippen LogP) is 5.42. The Morgan fingerprint density at radius 1 is 0.946 bits per heavy atom. The van der Waals surface area contributed by atoms with E-state index in [-0.39, 0.29) is 17.8 Å². The Balaban J connectivity index is 1.22. The second kappa shape index (κ2) is 9.86. The summed E-state index contributed by atoms with van der Waals surface area (Å²) < 4.78 is 27.1. The van der Waals surface area contributed by atoms with Gasteiger partial charge in [0.2, 0.25) is 5.89 Å². The smallest absolute Gasteiger partial charge is 0.236 e. The summed E-state index contributed by atoms with van der Waals surface area (Å²) in [5.41, 5.74) is 0.813. The minimum Gasteiger partial charge on any atom is -0.436 e. The minimum absolute atomic E-state index is 0.138. The highest BCUT2D eigenvalue weighted by Crippen LogP contribution is 2.39. The lowest BCUT2D eigenvalue weighted by Gasteiger charge is -2.52.